The average Bonchev–Trinajstić information content (AvgIpc) is 3.48. The van der Waals surface area contributed by atoms with Crippen molar-refractivity contribution in [2.24, 2.45) is 0 Å². The summed E-state index contributed by atoms with van der Waals surface area (Å²) in [5.74, 6) is 0.977. The van der Waals surface area contributed by atoms with Crippen molar-refractivity contribution in [2.75, 3.05) is 0 Å². The van der Waals surface area contributed by atoms with Gasteiger partial charge in [0.15, 0.2) is 0 Å². The molecule has 36 heavy (non-hydrogen) atoms. The molecule has 0 amide bonds. The van der Waals surface area contributed by atoms with Crippen LogP contribution in [0.3, 0.4) is 0 Å². The first-order chi connectivity index (χ1) is 17.7. The van der Waals surface area contributed by atoms with Gasteiger partial charge in [0, 0.05) is 31.4 Å². The number of aromatic nitrogens is 2. The van der Waals surface area contributed by atoms with Crippen molar-refractivity contribution in [3.63, 3.8) is 0 Å². The Balaban J connectivity index is 1.51. The van der Waals surface area contributed by atoms with Crippen molar-refractivity contribution in [2.45, 2.75) is 13.8 Å². The second-order valence-electron chi connectivity index (χ2n) is 9.36. The monoisotopic (exact) mass is 480 g/mol. The fraction of sp³-hybridized carbons (Fsp3) is 0.0606. The smallest absolute Gasteiger partial charge is 0.146 e. The lowest BCUT2D eigenvalue weighted by molar-refractivity contribution is 1.10. The number of thiophene rings is 1. The van der Waals surface area contributed by atoms with Gasteiger partial charge in [0.05, 0.1) is 11.0 Å². The molecule has 5 aromatic carbocycles. The third-order valence-electron chi connectivity index (χ3n) is 7.08. The maximum absolute atomic E-state index is 5.15. The second-order valence-corrected chi connectivity index (χ2v) is 10.4. The van der Waals surface area contributed by atoms with Crippen LogP contribution in [0.15, 0.2) is 109 Å². The lowest BCUT2D eigenvalue weighted by Crippen LogP contribution is -1.99. The number of imidazole rings is 1. The van der Waals surface area contributed by atoms with Crippen LogP contribution in [0.5, 0.6) is 0 Å². The van der Waals surface area contributed by atoms with Gasteiger partial charge in [-0.2, -0.15) is 0 Å². The molecule has 0 aliphatic carbocycles. The van der Waals surface area contributed by atoms with Crippen LogP contribution in [0, 0.1) is 13.8 Å². The quantitative estimate of drug-likeness (QED) is 0.246. The normalized spacial score (nSPS) is 11.6. The summed E-state index contributed by atoms with van der Waals surface area (Å²) in [4.78, 5) is 5.15. The number of fused-ring (bicyclic) bond motifs is 4. The number of nitrogens with zero attached hydrogens (tertiary/aromatic N) is 2. The van der Waals surface area contributed by atoms with Crippen molar-refractivity contribution in [1.82, 2.24) is 9.55 Å². The molecule has 3 heteroatoms. The summed E-state index contributed by atoms with van der Waals surface area (Å²) >= 11 is 1.88. The maximum atomic E-state index is 5.15. The lowest BCUT2D eigenvalue weighted by atomic mass is 9.93. The Hall–Kier alpha value is -4.21. The summed E-state index contributed by atoms with van der Waals surface area (Å²) < 4.78 is 4.96. The molecule has 0 fully saturated rings. The van der Waals surface area contributed by atoms with E-state index < -0.39 is 0 Å². The van der Waals surface area contributed by atoms with Gasteiger partial charge in [-0.1, -0.05) is 72.8 Å². The Morgan fingerprint density at radius 1 is 0.611 bits per heavy atom. The summed E-state index contributed by atoms with van der Waals surface area (Å²) in [7, 11) is 0. The van der Waals surface area contributed by atoms with Crippen LogP contribution in [0.4, 0.5) is 0 Å². The third-order valence-corrected chi connectivity index (χ3v) is 8.30. The number of hydrogen-bond acceptors (Lipinski definition) is 2. The summed E-state index contributed by atoms with van der Waals surface area (Å²) in [5.41, 5.74) is 9.46. The van der Waals surface area contributed by atoms with Crippen LogP contribution in [0.2, 0.25) is 0 Å². The van der Waals surface area contributed by atoms with Crippen LogP contribution in [-0.4, -0.2) is 9.55 Å². The molecule has 7 aromatic rings. The van der Waals surface area contributed by atoms with Crippen molar-refractivity contribution in [3.05, 3.63) is 120 Å². The first-order valence-electron chi connectivity index (χ1n) is 12.2. The number of aryl methyl sites for hydroxylation is 2. The Morgan fingerprint density at radius 3 is 2.22 bits per heavy atom. The molecule has 0 atom stereocenters. The fourth-order valence-corrected chi connectivity index (χ4v) is 6.62. The van der Waals surface area contributed by atoms with Crippen LogP contribution in [0.1, 0.15) is 11.1 Å². The zero-order valence-corrected chi connectivity index (χ0v) is 21.0. The van der Waals surface area contributed by atoms with Gasteiger partial charge >= 0.3 is 0 Å². The van der Waals surface area contributed by atoms with Crippen LogP contribution < -0.4 is 0 Å². The minimum absolute atomic E-state index is 0.977. The van der Waals surface area contributed by atoms with E-state index in [9.17, 15) is 0 Å². The molecular formula is C33H24N2S. The Labute approximate surface area is 214 Å². The van der Waals surface area contributed by atoms with Crippen molar-refractivity contribution in [3.8, 4) is 28.2 Å². The highest BCUT2D eigenvalue weighted by molar-refractivity contribution is 7.26. The highest BCUT2D eigenvalue weighted by atomic mass is 32.1. The van der Waals surface area contributed by atoms with Crippen molar-refractivity contribution in [1.29, 1.82) is 0 Å². The van der Waals surface area contributed by atoms with E-state index in [1.165, 1.54) is 42.4 Å². The zero-order chi connectivity index (χ0) is 24.2. The van der Waals surface area contributed by atoms with E-state index >= 15 is 0 Å². The molecule has 0 bridgehead atoms. The van der Waals surface area contributed by atoms with Gasteiger partial charge < -0.3 is 0 Å². The SMILES string of the molecule is Cc1cc(C)c(-c2nc3ccccc3n2-c2ccccc2)cc1-c1cccc2c1sc1ccccc12. The highest BCUT2D eigenvalue weighted by Gasteiger charge is 2.19. The van der Waals surface area contributed by atoms with Crippen LogP contribution in [-0.2, 0) is 0 Å². The maximum Gasteiger partial charge on any atom is 0.146 e. The van der Waals surface area contributed by atoms with Crippen molar-refractivity contribution >= 4 is 42.5 Å². The summed E-state index contributed by atoms with van der Waals surface area (Å²) in [5, 5.41) is 2.65. The number of benzene rings is 5. The zero-order valence-electron chi connectivity index (χ0n) is 20.2. The molecule has 7 rings (SSSR count). The van der Waals surface area contributed by atoms with Gasteiger partial charge in [-0.15, -0.1) is 11.3 Å². The Morgan fingerprint density at radius 2 is 1.33 bits per heavy atom. The molecule has 2 aromatic heterocycles. The molecule has 2 nitrogen and oxygen atoms in total. The van der Waals surface area contributed by atoms with Gasteiger partial charge in [-0.05, 0) is 72.5 Å². The van der Waals surface area contributed by atoms with Gasteiger partial charge in [-0.25, -0.2) is 4.98 Å². The van der Waals surface area contributed by atoms with Gasteiger partial charge in [-0.3, -0.25) is 4.57 Å². The molecule has 0 aliphatic rings. The van der Waals surface area contributed by atoms with E-state index in [1.807, 2.05) is 11.3 Å². The van der Waals surface area contributed by atoms with Gasteiger partial charge in [0.2, 0.25) is 0 Å². The minimum atomic E-state index is 0.977. The lowest BCUT2D eigenvalue weighted by Gasteiger charge is -2.15. The molecule has 2 heterocycles. The van der Waals surface area contributed by atoms with E-state index in [0.29, 0.717) is 0 Å². The van der Waals surface area contributed by atoms with Crippen LogP contribution >= 0.6 is 11.3 Å². The Kier molecular flexibility index (Phi) is 4.80. The van der Waals surface area contributed by atoms with E-state index in [-0.39, 0.29) is 0 Å². The standard InChI is InChI=1S/C33H24N2S/c1-21-19-22(2)28(33-34-29-16-7-8-17-30(29)35(33)23-11-4-3-5-12-23)20-27(21)26-15-10-14-25-24-13-6-9-18-31(24)36-32(25)26/h3-20H,1-2H3. The predicted octanol–water partition coefficient (Wildman–Crippen LogP) is 9.34. The van der Waals surface area contributed by atoms with E-state index in [2.05, 4.69) is 128 Å². The fourth-order valence-electron chi connectivity index (χ4n) is 5.39. The largest absolute Gasteiger partial charge is 0.292 e. The van der Waals surface area contributed by atoms with E-state index in [4.69, 9.17) is 4.98 Å². The molecule has 0 unspecified atom stereocenters. The van der Waals surface area contributed by atoms with Gasteiger partial charge in [0.25, 0.3) is 0 Å². The van der Waals surface area contributed by atoms with E-state index in [0.717, 1.165) is 28.1 Å². The van der Waals surface area contributed by atoms with E-state index in [1.54, 1.807) is 0 Å². The first kappa shape index (κ1) is 21.1. The molecule has 0 radical (unpaired) electrons. The van der Waals surface area contributed by atoms with Gasteiger partial charge in [0.1, 0.15) is 5.82 Å². The molecule has 0 N–H and O–H groups in total. The number of hydrogen-bond donors (Lipinski definition) is 0. The second kappa shape index (κ2) is 8.18. The molecule has 0 aliphatic heterocycles. The summed E-state index contributed by atoms with van der Waals surface area (Å²) in [6.07, 6.45) is 0. The van der Waals surface area contributed by atoms with Crippen LogP contribution in [0.25, 0.3) is 59.4 Å². The predicted molar refractivity (Wildman–Crippen MR) is 154 cm³/mol. The molecule has 172 valence electrons. The topological polar surface area (TPSA) is 17.8 Å². The van der Waals surface area contributed by atoms with Crippen molar-refractivity contribution < 1.29 is 0 Å². The molecule has 0 spiro atoms. The minimum Gasteiger partial charge on any atom is -0.292 e. The summed E-state index contributed by atoms with van der Waals surface area (Å²) in [6.45, 7) is 4.42. The molecule has 0 saturated heterocycles. The average molecular weight is 481 g/mol. The Bertz CT molecular complexity index is 1910. The summed E-state index contributed by atoms with van der Waals surface area (Å²) in [6, 6.07) is 39.0. The number of para-hydroxylation sites is 3. The number of rotatable bonds is 3. The third kappa shape index (κ3) is 3.20. The molecular weight excluding hydrogens is 456 g/mol. The molecule has 0 saturated carbocycles. The highest BCUT2D eigenvalue weighted by Crippen LogP contribution is 2.42. The first-order valence-corrected chi connectivity index (χ1v) is 13.1.